The van der Waals surface area contributed by atoms with E-state index in [9.17, 15) is 9.59 Å². The van der Waals surface area contributed by atoms with Crippen LogP contribution in [-0.4, -0.2) is 24.8 Å². The first-order valence-electron chi connectivity index (χ1n) is 7.41. The fourth-order valence-electron chi connectivity index (χ4n) is 2.75. The second kappa shape index (κ2) is 6.54. The van der Waals surface area contributed by atoms with Gasteiger partial charge < -0.3 is 9.64 Å². The van der Waals surface area contributed by atoms with Crippen molar-refractivity contribution in [2.45, 2.75) is 19.4 Å². The van der Waals surface area contributed by atoms with Crippen LogP contribution in [0.5, 0.6) is 5.75 Å². The standard InChI is InChI=1S/C18H16BrNO3/c1-12(23-17-7-6-15(19)10-14(17)11-21)18(22)20-9-8-13-4-2-3-5-16(13)20/h2-7,10-12H,8-9H2,1H3/t12-/m1/s1. The highest BCUT2D eigenvalue weighted by Gasteiger charge is 2.29. The number of rotatable bonds is 4. The Morgan fingerprint density at radius 3 is 2.87 bits per heavy atom. The molecule has 1 aliphatic heterocycles. The summed E-state index contributed by atoms with van der Waals surface area (Å²) in [5, 5.41) is 0. The summed E-state index contributed by atoms with van der Waals surface area (Å²) in [7, 11) is 0. The van der Waals surface area contributed by atoms with Gasteiger partial charge in [0.25, 0.3) is 5.91 Å². The van der Waals surface area contributed by atoms with Crippen molar-refractivity contribution in [1.82, 2.24) is 0 Å². The molecule has 0 unspecified atom stereocenters. The van der Waals surface area contributed by atoms with Gasteiger partial charge in [-0.1, -0.05) is 34.1 Å². The van der Waals surface area contributed by atoms with Gasteiger partial charge in [0.15, 0.2) is 12.4 Å². The summed E-state index contributed by atoms with van der Waals surface area (Å²) in [6.45, 7) is 2.37. The fraction of sp³-hybridized carbons (Fsp3) is 0.222. The average molecular weight is 374 g/mol. The predicted octanol–water partition coefficient (Wildman–Crippen LogP) is 3.62. The van der Waals surface area contributed by atoms with Crippen molar-refractivity contribution >= 4 is 33.8 Å². The molecule has 0 radical (unpaired) electrons. The third-order valence-corrected chi connectivity index (χ3v) is 4.40. The number of anilines is 1. The molecular weight excluding hydrogens is 358 g/mol. The molecule has 118 valence electrons. The first kappa shape index (κ1) is 15.7. The van der Waals surface area contributed by atoms with E-state index in [-0.39, 0.29) is 5.91 Å². The van der Waals surface area contributed by atoms with Gasteiger partial charge in [0, 0.05) is 16.7 Å². The second-order valence-corrected chi connectivity index (χ2v) is 6.34. The van der Waals surface area contributed by atoms with Crippen LogP contribution in [0.25, 0.3) is 0 Å². The summed E-state index contributed by atoms with van der Waals surface area (Å²) in [5.41, 5.74) is 2.53. The molecule has 0 saturated heterocycles. The minimum Gasteiger partial charge on any atom is -0.480 e. The van der Waals surface area contributed by atoms with Gasteiger partial charge in [-0.05, 0) is 43.2 Å². The molecular formula is C18H16BrNO3. The van der Waals surface area contributed by atoms with Gasteiger partial charge in [0.1, 0.15) is 5.75 Å². The summed E-state index contributed by atoms with van der Waals surface area (Å²) in [5.74, 6) is 0.311. The van der Waals surface area contributed by atoms with Gasteiger partial charge in [0.2, 0.25) is 0 Å². The largest absolute Gasteiger partial charge is 0.480 e. The Morgan fingerprint density at radius 2 is 2.09 bits per heavy atom. The van der Waals surface area contributed by atoms with Crippen molar-refractivity contribution in [1.29, 1.82) is 0 Å². The predicted molar refractivity (Wildman–Crippen MR) is 92.1 cm³/mol. The topological polar surface area (TPSA) is 46.6 Å². The lowest BCUT2D eigenvalue weighted by Gasteiger charge is -2.23. The molecule has 0 bridgehead atoms. The maximum atomic E-state index is 12.7. The first-order chi connectivity index (χ1) is 11.1. The molecule has 4 nitrogen and oxygen atoms in total. The molecule has 1 amide bonds. The molecule has 3 rings (SSSR count). The zero-order chi connectivity index (χ0) is 16.4. The lowest BCUT2D eigenvalue weighted by Crippen LogP contribution is -2.39. The van der Waals surface area contributed by atoms with Crippen molar-refractivity contribution in [3.8, 4) is 5.75 Å². The number of benzene rings is 2. The van der Waals surface area contributed by atoms with Gasteiger partial charge in [-0.25, -0.2) is 0 Å². The highest BCUT2D eigenvalue weighted by molar-refractivity contribution is 9.10. The van der Waals surface area contributed by atoms with E-state index in [1.807, 2.05) is 24.3 Å². The van der Waals surface area contributed by atoms with Crippen LogP contribution in [0.15, 0.2) is 46.9 Å². The molecule has 23 heavy (non-hydrogen) atoms. The lowest BCUT2D eigenvalue weighted by molar-refractivity contribution is -0.124. The lowest BCUT2D eigenvalue weighted by atomic mass is 10.2. The number of para-hydroxylation sites is 1. The quantitative estimate of drug-likeness (QED) is 0.768. The van der Waals surface area contributed by atoms with E-state index in [4.69, 9.17) is 4.74 Å². The van der Waals surface area contributed by atoms with Crippen LogP contribution >= 0.6 is 15.9 Å². The highest BCUT2D eigenvalue weighted by Crippen LogP contribution is 2.29. The molecule has 1 heterocycles. The van der Waals surface area contributed by atoms with E-state index >= 15 is 0 Å². The fourth-order valence-corrected chi connectivity index (χ4v) is 3.13. The molecule has 0 fully saturated rings. The van der Waals surface area contributed by atoms with E-state index in [2.05, 4.69) is 15.9 Å². The Kier molecular flexibility index (Phi) is 4.48. The van der Waals surface area contributed by atoms with Gasteiger partial charge >= 0.3 is 0 Å². The van der Waals surface area contributed by atoms with Crippen molar-refractivity contribution in [3.63, 3.8) is 0 Å². The number of nitrogens with zero attached hydrogens (tertiary/aromatic N) is 1. The van der Waals surface area contributed by atoms with Crippen LogP contribution < -0.4 is 9.64 Å². The molecule has 2 aromatic carbocycles. The average Bonchev–Trinajstić information content (AvgIpc) is 2.99. The third kappa shape index (κ3) is 3.15. The Morgan fingerprint density at radius 1 is 1.30 bits per heavy atom. The molecule has 0 spiro atoms. The van der Waals surface area contributed by atoms with Gasteiger partial charge in [-0.15, -0.1) is 0 Å². The van der Waals surface area contributed by atoms with Crippen molar-refractivity contribution in [2.24, 2.45) is 0 Å². The minimum absolute atomic E-state index is 0.102. The summed E-state index contributed by atoms with van der Waals surface area (Å²) in [6, 6.07) is 13.0. The number of ether oxygens (including phenoxy) is 1. The Hall–Kier alpha value is -2.14. The normalized spacial score (nSPS) is 14.3. The molecule has 5 heteroatoms. The van der Waals surface area contributed by atoms with E-state index in [1.54, 1.807) is 30.0 Å². The van der Waals surface area contributed by atoms with E-state index in [0.29, 0.717) is 17.9 Å². The molecule has 1 aliphatic rings. The highest BCUT2D eigenvalue weighted by atomic mass is 79.9. The van der Waals surface area contributed by atoms with Gasteiger partial charge in [-0.3, -0.25) is 9.59 Å². The minimum atomic E-state index is -0.666. The second-order valence-electron chi connectivity index (χ2n) is 5.43. The summed E-state index contributed by atoms with van der Waals surface area (Å²) in [6.07, 6.45) is 0.913. The van der Waals surface area contributed by atoms with Crippen LogP contribution in [0, 0.1) is 0 Å². The van der Waals surface area contributed by atoms with Crippen LogP contribution in [0.4, 0.5) is 5.69 Å². The SMILES string of the molecule is C[C@@H](Oc1ccc(Br)cc1C=O)C(=O)N1CCc2ccccc21. The monoisotopic (exact) mass is 373 g/mol. The molecule has 0 N–H and O–H groups in total. The molecule has 0 aliphatic carbocycles. The van der Waals surface area contributed by atoms with E-state index < -0.39 is 6.10 Å². The van der Waals surface area contributed by atoms with Crippen molar-refractivity contribution < 1.29 is 14.3 Å². The Labute approximate surface area is 143 Å². The summed E-state index contributed by atoms with van der Waals surface area (Å²) < 4.78 is 6.53. The number of hydrogen-bond acceptors (Lipinski definition) is 3. The van der Waals surface area contributed by atoms with Gasteiger partial charge in [0.05, 0.1) is 5.56 Å². The molecule has 0 saturated carbocycles. The number of hydrogen-bond donors (Lipinski definition) is 0. The third-order valence-electron chi connectivity index (χ3n) is 3.90. The molecule has 0 aromatic heterocycles. The molecule has 2 aromatic rings. The summed E-state index contributed by atoms with van der Waals surface area (Å²) >= 11 is 3.31. The zero-order valence-electron chi connectivity index (χ0n) is 12.7. The zero-order valence-corrected chi connectivity index (χ0v) is 14.2. The summed E-state index contributed by atoms with van der Waals surface area (Å²) in [4.78, 5) is 25.6. The van der Waals surface area contributed by atoms with Crippen molar-refractivity contribution in [3.05, 3.63) is 58.1 Å². The number of fused-ring (bicyclic) bond motifs is 1. The van der Waals surface area contributed by atoms with Crippen molar-refractivity contribution in [2.75, 3.05) is 11.4 Å². The number of amides is 1. The van der Waals surface area contributed by atoms with E-state index in [0.717, 1.165) is 22.9 Å². The Balaban J connectivity index is 1.78. The van der Waals surface area contributed by atoms with Gasteiger partial charge in [-0.2, -0.15) is 0 Å². The van der Waals surface area contributed by atoms with Crippen LogP contribution in [0.1, 0.15) is 22.8 Å². The first-order valence-corrected chi connectivity index (χ1v) is 8.20. The number of carbonyl (C=O) groups is 2. The van der Waals surface area contributed by atoms with Crippen LogP contribution in [-0.2, 0) is 11.2 Å². The van der Waals surface area contributed by atoms with Crippen LogP contribution in [0.2, 0.25) is 0 Å². The maximum Gasteiger partial charge on any atom is 0.267 e. The van der Waals surface area contributed by atoms with Crippen LogP contribution in [0.3, 0.4) is 0 Å². The van der Waals surface area contributed by atoms with E-state index in [1.165, 1.54) is 5.56 Å². The molecule has 1 atom stereocenters. The number of carbonyl (C=O) groups excluding carboxylic acids is 2. The smallest absolute Gasteiger partial charge is 0.267 e. The number of aldehydes is 1. The Bertz CT molecular complexity index is 760. The number of halogens is 1. The maximum absolute atomic E-state index is 12.7.